The maximum atomic E-state index is 10.3. The molecule has 0 radical (unpaired) electrons. The molecule has 1 aromatic carbocycles. The number of hydrogen-bond acceptors (Lipinski definition) is 5. The number of rotatable bonds is 3. The van der Waals surface area contributed by atoms with Gasteiger partial charge < -0.3 is 14.9 Å². The highest BCUT2D eigenvalue weighted by Gasteiger charge is 2.38. The van der Waals surface area contributed by atoms with Gasteiger partial charge in [-0.3, -0.25) is 0 Å². The number of aromatic nitrogens is 2. The number of benzene rings is 1. The predicted octanol–water partition coefficient (Wildman–Crippen LogP) is 2.15. The van der Waals surface area contributed by atoms with Crippen molar-refractivity contribution in [3.05, 3.63) is 45.5 Å². The highest BCUT2D eigenvalue weighted by Crippen LogP contribution is 2.27. The fourth-order valence-corrected chi connectivity index (χ4v) is 2.69. The summed E-state index contributed by atoms with van der Waals surface area (Å²) in [5, 5.41) is 18.4. The highest BCUT2D eigenvalue weighted by atomic mass is 35.5. The van der Waals surface area contributed by atoms with E-state index in [1.54, 1.807) is 12.1 Å². The van der Waals surface area contributed by atoms with E-state index in [-0.39, 0.29) is 5.89 Å². The van der Waals surface area contributed by atoms with Gasteiger partial charge in [0.05, 0.1) is 0 Å². The van der Waals surface area contributed by atoms with Gasteiger partial charge >= 0.3 is 0 Å². The first-order valence-electron chi connectivity index (χ1n) is 6.27. The Morgan fingerprint density at radius 2 is 2.25 bits per heavy atom. The largest absolute Gasteiger partial charge is 0.379 e. The summed E-state index contributed by atoms with van der Waals surface area (Å²) in [6, 6.07) is 5.26. The Balaban J connectivity index is 1.80. The average molecular weight is 314 g/mol. The number of nitrogens with zero attached hydrogens (tertiary/aromatic N) is 2. The normalized spacial score (nSPS) is 22.4. The minimum atomic E-state index is -1.06. The van der Waals surface area contributed by atoms with E-state index in [4.69, 9.17) is 27.7 Å². The quantitative estimate of drug-likeness (QED) is 0.908. The molecular formula is C13H13Cl2N3O2. The molecule has 1 fully saturated rings. The van der Waals surface area contributed by atoms with Gasteiger partial charge in [-0.1, -0.05) is 34.4 Å². The molecule has 2 aromatic rings. The molecule has 1 aromatic heterocycles. The molecule has 0 aliphatic carbocycles. The van der Waals surface area contributed by atoms with E-state index in [0.29, 0.717) is 35.3 Å². The van der Waals surface area contributed by atoms with Crippen molar-refractivity contribution >= 4 is 23.2 Å². The third kappa shape index (κ3) is 2.67. The van der Waals surface area contributed by atoms with Crippen LogP contribution in [-0.2, 0) is 12.0 Å². The Bertz CT molecular complexity index is 624. The Labute approximate surface area is 125 Å². The van der Waals surface area contributed by atoms with Gasteiger partial charge in [-0.2, -0.15) is 4.98 Å². The van der Waals surface area contributed by atoms with Crippen LogP contribution in [0.5, 0.6) is 0 Å². The SMILES string of the molecule is OC1(c2nc(Cc3ccc(Cl)cc3Cl)no2)CCNC1. The zero-order valence-electron chi connectivity index (χ0n) is 10.6. The van der Waals surface area contributed by atoms with Crippen molar-refractivity contribution < 1.29 is 9.63 Å². The molecule has 0 amide bonds. The molecule has 1 saturated heterocycles. The molecule has 2 heterocycles. The fourth-order valence-electron chi connectivity index (χ4n) is 2.21. The van der Waals surface area contributed by atoms with Gasteiger partial charge in [0.25, 0.3) is 5.89 Å². The summed E-state index contributed by atoms with van der Waals surface area (Å²) < 4.78 is 5.17. The third-order valence-electron chi connectivity index (χ3n) is 3.36. The topological polar surface area (TPSA) is 71.2 Å². The van der Waals surface area contributed by atoms with Crippen LogP contribution in [0.2, 0.25) is 10.0 Å². The molecule has 20 heavy (non-hydrogen) atoms. The smallest absolute Gasteiger partial charge is 0.259 e. The molecular weight excluding hydrogens is 301 g/mol. The lowest BCUT2D eigenvalue weighted by Crippen LogP contribution is -2.28. The molecule has 0 spiro atoms. The molecule has 1 aliphatic heterocycles. The Hall–Kier alpha value is -1.14. The van der Waals surface area contributed by atoms with Crippen molar-refractivity contribution in [2.75, 3.05) is 13.1 Å². The van der Waals surface area contributed by atoms with Crippen LogP contribution in [0.4, 0.5) is 0 Å². The van der Waals surface area contributed by atoms with Crippen LogP contribution in [0.3, 0.4) is 0 Å². The van der Waals surface area contributed by atoms with Crippen LogP contribution in [-0.4, -0.2) is 28.3 Å². The lowest BCUT2D eigenvalue weighted by Gasteiger charge is -2.14. The summed E-state index contributed by atoms with van der Waals surface area (Å²) in [7, 11) is 0. The van der Waals surface area contributed by atoms with Gasteiger partial charge in [-0.05, 0) is 30.7 Å². The van der Waals surface area contributed by atoms with Crippen molar-refractivity contribution in [2.24, 2.45) is 0 Å². The zero-order valence-corrected chi connectivity index (χ0v) is 12.1. The van der Waals surface area contributed by atoms with Crippen molar-refractivity contribution in [3.8, 4) is 0 Å². The minimum absolute atomic E-state index is 0.252. The Kier molecular flexibility index (Phi) is 3.69. The molecule has 7 heteroatoms. The number of β-amino-alcohol motifs (C(OH)–C–C–N with tert-alkyl or cyclic N) is 1. The first kappa shape index (κ1) is 13.8. The van der Waals surface area contributed by atoms with Crippen molar-refractivity contribution in [3.63, 3.8) is 0 Å². The number of nitrogens with one attached hydrogen (secondary N) is 1. The molecule has 1 atom stereocenters. The van der Waals surface area contributed by atoms with Crippen LogP contribution >= 0.6 is 23.2 Å². The van der Waals surface area contributed by atoms with Gasteiger partial charge in [0.15, 0.2) is 11.4 Å². The van der Waals surface area contributed by atoms with E-state index in [9.17, 15) is 5.11 Å². The summed E-state index contributed by atoms with van der Waals surface area (Å²) in [6.45, 7) is 1.16. The van der Waals surface area contributed by atoms with E-state index < -0.39 is 5.60 Å². The first-order valence-corrected chi connectivity index (χ1v) is 7.02. The summed E-state index contributed by atoms with van der Waals surface area (Å²) >= 11 is 12.0. The number of aliphatic hydroxyl groups is 1. The van der Waals surface area contributed by atoms with Gasteiger partial charge in [0, 0.05) is 23.0 Å². The summed E-state index contributed by atoms with van der Waals surface area (Å²) in [4.78, 5) is 4.26. The predicted molar refractivity (Wildman–Crippen MR) is 74.9 cm³/mol. The van der Waals surface area contributed by atoms with Crippen molar-refractivity contribution in [1.29, 1.82) is 0 Å². The number of halogens is 2. The van der Waals surface area contributed by atoms with Crippen molar-refractivity contribution in [2.45, 2.75) is 18.4 Å². The number of hydrogen-bond donors (Lipinski definition) is 2. The van der Waals surface area contributed by atoms with Gasteiger partial charge in [0.1, 0.15) is 0 Å². The van der Waals surface area contributed by atoms with Crippen LogP contribution < -0.4 is 5.32 Å². The van der Waals surface area contributed by atoms with Crippen molar-refractivity contribution in [1.82, 2.24) is 15.5 Å². The Morgan fingerprint density at radius 3 is 2.95 bits per heavy atom. The van der Waals surface area contributed by atoms with E-state index in [1.165, 1.54) is 0 Å². The van der Waals surface area contributed by atoms with E-state index in [1.807, 2.05) is 6.07 Å². The molecule has 1 unspecified atom stereocenters. The second-order valence-electron chi connectivity index (χ2n) is 4.89. The molecule has 1 aliphatic rings. The summed E-state index contributed by atoms with van der Waals surface area (Å²) in [5.74, 6) is 0.743. The minimum Gasteiger partial charge on any atom is -0.379 e. The van der Waals surface area contributed by atoms with E-state index in [2.05, 4.69) is 15.5 Å². The molecule has 3 rings (SSSR count). The fraction of sp³-hybridized carbons (Fsp3) is 0.385. The standard InChI is InChI=1S/C13H13Cl2N3O2/c14-9-2-1-8(10(15)6-9)5-11-17-12(20-18-11)13(19)3-4-16-7-13/h1-2,6,16,19H,3-5,7H2. The average Bonchev–Trinajstić information content (AvgIpc) is 3.03. The van der Waals surface area contributed by atoms with Crippen LogP contribution in [0.15, 0.2) is 22.7 Å². The van der Waals surface area contributed by atoms with E-state index >= 15 is 0 Å². The second-order valence-corrected chi connectivity index (χ2v) is 5.73. The Morgan fingerprint density at radius 1 is 1.40 bits per heavy atom. The second kappa shape index (κ2) is 5.33. The molecule has 106 valence electrons. The molecule has 5 nitrogen and oxygen atoms in total. The lowest BCUT2D eigenvalue weighted by molar-refractivity contribution is 0.0243. The monoisotopic (exact) mass is 313 g/mol. The van der Waals surface area contributed by atoms with Crippen LogP contribution in [0, 0.1) is 0 Å². The van der Waals surface area contributed by atoms with Gasteiger partial charge in [0.2, 0.25) is 0 Å². The first-order chi connectivity index (χ1) is 9.57. The van der Waals surface area contributed by atoms with Gasteiger partial charge in [-0.25, -0.2) is 0 Å². The van der Waals surface area contributed by atoms with Gasteiger partial charge in [-0.15, -0.1) is 0 Å². The highest BCUT2D eigenvalue weighted by molar-refractivity contribution is 6.35. The molecule has 2 N–H and O–H groups in total. The van der Waals surface area contributed by atoms with Crippen LogP contribution in [0.1, 0.15) is 23.7 Å². The summed E-state index contributed by atoms with van der Waals surface area (Å²) in [6.07, 6.45) is 0.999. The van der Waals surface area contributed by atoms with Crippen LogP contribution in [0.25, 0.3) is 0 Å². The maximum absolute atomic E-state index is 10.3. The molecule has 0 saturated carbocycles. The zero-order chi connectivity index (χ0) is 14.2. The van der Waals surface area contributed by atoms with E-state index in [0.717, 1.165) is 12.1 Å². The molecule has 0 bridgehead atoms. The third-order valence-corrected chi connectivity index (χ3v) is 3.95. The summed E-state index contributed by atoms with van der Waals surface area (Å²) in [5.41, 5.74) is -0.199. The maximum Gasteiger partial charge on any atom is 0.259 e. The lowest BCUT2D eigenvalue weighted by atomic mass is 10.0.